The van der Waals surface area contributed by atoms with Gasteiger partial charge in [-0.25, -0.2) is 0 Å². The fourth-order valence-electron chi connectivity index (χ4n) is 1.52. The van der Waals surface area contributed by atoms with Crippen LogP contribution in [0, 0.1) is 0 Å². The van der Waals surface area contributed by atoms with Crippen LogP contribution in [-0.2, 0) is 6.18 Å². The molecule has 0 unspecified atom stereocenters. The van der Waals surface area contributed by atoms with E-state index in [4.69, 9.17) is 22.4 Å². The molecule has 1 aromatic carbocycles. The van der Waals surface area contributed by atoms with Gasteiger partial charge in [0.2, 0.25) is 0 Å². The summed E-state index contributed by atoms with van der Waals surface area (Å²) in [4.78, 5) is 0. The second kappa shape index (κ2) is 5.71. The number of halogens is 4. The summed E-state index contributed by atoms with van der Waals surface area (Å²) in [6.07, 6.45) is -3.67. The van der Waals surface area contributed by atoms with Gasteiger partial charge in [-0.1, -0.05) is 23.7 Å². The van der Waals surface area contributed by atoms with Crippen molar-refractivity contribution in [3.05, 3.63) is 34.3 Å². The highest BCUT2D eigenvalue weighted by molar-refractivity contribution is 6.32. The van der Waals surface area contributed by atoms with Crippen molar-refractivity contribution in [2.75, 3.05) is 6.61 Å². The summed E-state index contributed by atoms with van der Waals surface area (Å²) < 4.78 is 37.7. The number of rotatable bonds is 4. The van der Waals surface area contributed by atoms with Gasteiger partial charge in [0.05, 0.1) is 10.6 Å². The smallest absolute Gasteiger partial charge is 0.396 e. The van der Waals surface area contributed by atoms with Crippen LogP contribution in [0.4, 0.5) is 13.2 Å². The predicted molar refractivity (Wildman–Crippen MR) is 59.7 cm³/mol. The maximum Gasteiger partial charge on any atom is 0.417 e. The lowest BCUT2D eigenvalue weighted by Crippen LogP contribution is -2.14. The molecule has 0 saturated carbocycles. The monoisotopic (exact) mass is 267 g/mol. The van der Waals surface area contributed by atoms with E-state index in [1.54, 1.807) is 0 Å². The highest BCUT2D eigenvalue weighted by Gasteiger charge is 2.34. The van der Waals surface area contributed by atoms with E-state index >= 15 is 0 Å². The largest absolute Gasteiger partial charge is 0.417 e. The van der Waals surface area contributed by atoms with Gasteiger partial charge in [0.1, 0.15) is 0 Å². The van der Waals surface area contributed by atoms with E-state index in [2.05, 4.69) is 0 Å². The van der Waals surface area contributed by atoms with E-state index in [1.165, 1.54) is 12.1 Å². The first-order chi connectivity index (χ1) is 7.88. The number of nitrogens with two attached hydrogens (primary N) is 1. The summed E-state index contributed by atoms with van der Waals surface area (Å²) in [5.74, 6) is 0. The number of hydrogen-bond donors (Lipinski definition) is 2. The van der Waals surface area contributed by atoms with Gasteiger partial charge in [-0.15, -0.1) is 0 Å². The van der Waals surface area contributed by atoms with E-state index in [-0.39, 0.29) is 17.2 Å². The fourth-order valence-corrected chi connectivity index (χ4v) is 1.90. The van der Waals surface area contributed by atoms with Gasteiger partial charge in [-0.2, -0.15) is 13.2 Å². The Kier molecular flexibility index (Phi) is 4.80. The average Bonchev–Trinajstić information content (AvgIpc) is 2.24. The molecule has 0 radical (unpaired) electrons. The van der Waals surface area contributed by atoms with Crippen LogP contribution in [0.25, 0.3) is 0 Å². The molecular formula is C11H13ClF3NO. The van der Waals surface area contributed by atoms with Crippen LogP contribution in [-0.4, -0.2) is 11.7 Å². The van der Waals surface area contributed by atoms with Crippen molar-refractivity contribution < 1.29 is 18.3 Å². The van der Waals surface area contributed by atoms with E-state index < -0.39 is 17.8 Å². The fraction of sp³-hybridized carbons (Fsp3) is 0.455. The number of aliphatic hydroxyl groups is 1. The van der Waals surface area contributed by atoms with Crippen molar-refractivity contribution in [1.82, 2.24) is 0 Å². The van der Waals surface area contributed by atoms with Crippen molar-refractivity contribution >= 4 is 11.6 Å². The molecule has 0 bridgehead atoms. The van der Waals surface area contributed by atoms with Gasteiger partial charge in [-0.05, 0) is 24.5 Å². The first-order valence-electron chi connectivity index (χ1n) is 5.10. The van der Waals surface area contributed by atoms with Crippen molar-refractivity contribution in [2.24, 2.45) is 5.73 Å². The van der Waals surface area contributed by atoms with Crippen LogP contribution < -0.4 is 5.73 Å². The quantitative estimate of drug-likeness (QED) is 0.880. The molecule has 0 saturated heterocycles. The molecular weight excluding hydrogens is 255 g/mol. The Bertz CT molecular complexity index is 381. The second-order valence-corrected chi connectivity index (χ2v) is 4.06. The number of benzene rings is 1. The molecule has 0 aliphatic heterocycles. The summed E-state index contributed by atoms with van der Waals surface area (Å²) in [6, 6.07) is 3.07. The van der Waals surface area contributed by atoms with Gasteiger partial charge < -0.3 is 10.8 Å². The summed E-state index contributed by atoms with van der Waals surface area (Å²) in [6.45, 7) is -0.0513. The van der Waals surface area contributed by atoms with Crippen molar-refractivity contribution in [3.63, 3.8) is 0 Å². The predicted octanol–water partition coefficient (Wildman–Crippen LogP) is 3.13. The third-order valence-corrected chi connectivity index (χ3v) is 2.83. The molecule has 0 amide bonds. The second-order valence-electron chi connectivity index (χ2n) is 3.68. The molecule has 6 heteroatoms. The Labute approximate surface area is 102 Å². The number of alkyl halides is 3. The Balaban J connectivity index is 3.02. The Morgan fingerprint density at radius 1 is 1.35 bits per heavy atom. The van der Waals surface area contributed by atoms with Gasteiger partial charge in [-0.3, -0.25) is 0 Å². The third kappa shape index (κ3) is 3.59. The highest BCUT2D eigenvalue weighted by atomic mass is 35.5. The molecule has 3 N–H and O–H groups in total. The van der Waals surface area contributed by atoms with E-state index in [9.17, 15) is 13.2 Å². The van der Waals surface area contributed by atoms with Gasteiger partial charge in [0.25, 0.3) is 0 Å². The van der Waals surface area contributed by atoms with Crippen LogP contribution >= 0.6 is 11.6 Å². The molecule has 0 heterocycles. The molecule has 1 atom stereocenters. The molecule has 0 aliphatic rings. The van der Waals surface area contributed by atoms with Crippen LogP contribution in [0.5, 0.6) is 0 Å². The zero-order valence-electron chi connectivity index (χ0n) is 8.97. The SMILES string of the molecule is N[C@@H](CCCO)c1cccc(C(F)(F)F)c1Cl. The van der Waals surface area contributed by atoms with Crippen molar-refractivity contribution in [3.8, 4) is 0 Å². The molecule has 0 aromatic heterocycles. The molecule has 1 aromatic rings. The van der Waals surface area contributed by atoms with Gasteiger partial charge in [0, 0.05) is 12.6 Å². The lowest BCUT2D eigenvalue weighted by molar-refractivity contribution is -0.137. The lowest BCUT2D eigenvalue weighted by atomic mass is 10.0. The number of hydrogen-bond acceptors (Lipinski definition) is 2. The normalized spacial score (nSPS) is 13.8. The maximum absolute atomic E-state index is 12.6. The van der Waals surface area contributed by atoms with Gasteiger partial charge in [0.15, 0.2) is 0 Å². The average molecular weight is 268 g/mol. The van der Waals surface area contributed by atoms with Crippen LogP contribution in [0.15, 0.2) is 18.2 Å². The summed E-state index contributed by atoms with van der Waals surface area (Å²) in [5, 5.41) is 8.29. The Morgan fingerprint density at radius 3 is 2.53 bits per heavy atom. The van der Waals surface area contributed by atoms with E-state index in [0.717, 1.165) is 6.07 Å². The van der Waals surface area contributed by atoms with Crippen LogP contribution in [0.1, 0.15) is 30.0 Å². The Morgan fingerprint density at radius 2 is 2.00 bits per heavy atom. The molecule has 0 spiro atoms. The van der Waals surface area contributed by atoms with Crippen molar-refractivity contribution in [1.29, 1.82) is 0 Å². The minimum absolute atomic E-state index is 0.0513. The first-order valence-corrected chi connectivity index (χ1v) is 5.47. The van der Waals surface area contributed by atoms with Crippen molar-refractivity contribution in [2.45, 2.75) is 25.1 Å². The highest BCUT2D eigenvalue weighted by Crippen LogP contribution is 2.38. The van der Waals surface area contributed by atoms with E-state index in [1.807, 2.05) is 0 Å². The van der Waals surface area contributed by atoms with Crippen LogP contribution in [0.2, 0.25) is 5.02 Å². The third-order valence-electron chi connectivity index (χ3n) is 2.41. The first kappa shape index (κ1) is 14.3. The lowest BCUT2D eigenvalue weighted by Gasteiger charge is -2.16. The van der Waals surface area contributed by atoms with E-state index in [0.29, 0.717) is 12.8 Å². The molecule has 1 rings (SSSR count). The minimum atomic E-state index is -4.48. The zero-order valence-corrected chi connectivity index (χ0v) is 9.72. The molecule has 0 fully saturated rings. The summed E-state index contributed by atoms with van der Waals surface area (Å²) >= 11 is 5.70. The zero-order chi connectivity index (χ0) is 13.1. The minimum Gasteiger partial charge on any atom is -0.396 e. The number of aliphatic hydroxyl groups excluding tert-OH is 1. The molecule has 0 aliphatic carbocycles. The Hall–Kier alpha value is -0.780. The maximum atomic E-state index is 12.6. The standard InChI is InChI=1S/C11H13ClF3NO/c12-10-7(9(16)5-2-6-17)3-1-4-8(10)11(13,14)15/h1,3-4,9,17H,2,5-6,16H2/t9-/m0/s1. The molecule has 2 nitrogen and oxygen atoms in total. The summed E-state index contributed by atoms with van der Waals surface area (Å²) in [7, 11) is 0. The van der Waals surface area contributed by atoms with Crippen LogP contribution in [0.3, 0.4) is 0 Å². The molecule has 17 heavy (non-hydrogen) atoms. The topological polar surface area (TPSA) is 46.2 Å². The summed E-state index contributed by atoms with van der Waals surface area (Å²) in [5.41, 5.74) is 5.11. The molecule has 96 valence electrons. The van der Waals surface area contributed by atoms with Gasteiger partial charge >= 0.3 is 6.18 Å².